The number of ether oxygens (including phenoxy) is 1. The minimum absolute atomic E-state index is 0.0366. The highest BCUT2D eigenvalue weighted by atomic mass is 16.6. The van der Waals surface area contributed by atoms with E-state index in [9.17, 15) is 10.1 Å². The van der Waals surface area contributed by atoms with Crippen molar-refractivity contribution >= 4 is 11.5 Å². The predicted octanol–water partition coefficient (Wildman–Crippen LogP) is 2.44. The molecule has 0 radical (unpaired) electrons. The van der Waals surface area contributed by atoms with Crippen LogP contribution in [0.4, 0.5) is 11.5 Å². The van der Waals surface area contributed by atoms with E-state index in [2.05, 4.69) is 22.1 Å². The number of pyridine rings is 1. The maximum absolute atomic E-state index is 11.2. The van der Waals surface area contributed by atoms with Crippen molar-refractivity contribution in [2.75, 3.05) is 31.6 Å². The molecular formula is C16H24N4O3. The maximum atomic E-state index is 11.2. The average Bonchev–Trinajstić information content (AvgIpc) is 3.07. The van der Waals surface area contributed by atoms with Crippen molar-refractivity contribution in [3.63, 3.8) is 0 Å². The maximum Gasteiger partial charge on any atom is 0.311 e. The normalized spacial score (nSPS) is 22.7. The Labute approximate surface area is 136 Å². The highest BCUT2D eigenvalue weighted by molar-refractivity contribution is 5.56. The van der Waals surface area contributed by atoms with Gasteiger partial charge in [-0.15, -0.1) is 0 Å². The van der Waals surface area contributed by atoms with Gasteiger partial charge in [-0.25, -0.2) is 4.98 Å². The van der Waals surface area contributed by atoms with E-state index in [4.69, 9.17) is 4.74 Å². The minimum atomic E-state index is -0.377. The van der Waals surface area contributed by atoms with Crippen LogP contribution in [-0.2, 0) is 4.74 Å². The van der Waals surface area contributed by atoms with E-state index in [1.165, 1.54) is 18.9 Å². The highest BCUT2D eigenvalue weighted by Gasteiger charge is 2.45. The van der Waals surface area contributed by atoms with Gasteiger partial charge in [0.25, 0.3) is 0 Å². The molecule has 23 heavy (non-hydrogen) atoms. The number of morpholine rings is 1. The van der Waals surface area contributed by atoms with Crippen LogP contribution in [0.25, 0.3) is 0 Å². The van der Waals surface area contributed by atoms with E-state index < -0.39 is 0 Å². The summed E-state index contributed by atoms with van der Waals surface area (Å²) in [6.45, 7) is 5.50. The third-order valence-corrected chi connectivity index (χ3v) is 5.25. The monoisotopic (exact) mass is 320 g/mol. The summed E-state index contributed by atoms with van der Waals surface area (Å²) in [5.41, 5.74) is 0.0734. The number of nitrogens with one attached hydrogen (secondary N) is 1. The molecule has 2 fully saturated rings. The van der Waals surface area contributed by atoms with Crippen molar-refractivity contribution in [2.24, 2.45) is 0 Å². The SMILES string of the molecule is C[C@H](Nc1ncccc1[N+](=O)[O-])C1(N2CCOCC2)CCCC1. The third-order valence-electron chi connectivity index (χ3n) is 5.25. The lowest BCUT2D eigenvalue weighted by molar-refractivity contribution is -0.384. The predicted molar refractivity (Wildman–Crippen MR) is 87.6 cm³/mol. The van der Waals surface area contributed by atoms with E-state index in [0.29, 0.717) is 5.82 Å². The Morgan fingerprint density at radius 3 is 2.74 bits per heavy atom. The molecule has 0 spiro atoms. The molecule has 0 bridgehead atoms. The highest BCUT2D eigenvalue weighted by Crippen LogP contribution is 2.40. The lowest BCUT2D eigenvalue weighted by Gasteiger charge is -2.47. The average molecular weight is 320 g/mol. The van der Waals surface area contributed by atoms with Gasteiger partial charge in [-0.05, 0) is 25.8 Å². The Kier molecular flexibility index (Phi) is 4.77. The molecule has 7 heteroatoms. The topological polar surface area (TPSA) is 80.5 Å². The Morgan fingerprint density at radius 1 is 1.39 bits per heavy atom. The van der Waals surface area contributed by atoms with Crippen LogP contribution in [0.5, 0.6) is 0 Å². The smallest absolute Gasteiger partial charge is 0.311 e. The lowest BCUT2D eigenvalue weighted by Crippen LogP contribution is -2.59. The van der Waals surface area contributed by atoms with Gasteiger partial charge in [-0.3, -0.25) is 15.0 Å². The number of nitrogens with zero attached hydrogens (tertiary/aromatic N) is 3. The Bertz CT molecular complexity index is 554. The fraction of sp³-hybridized carbons (Fsp3) is 0.688. The molecule has 1 aromatic heterocycles. The van der Waals surface area contributed by atoms with Gasteiger partial charge in [0.15, 0.2) is 0 Å². The summed E-state index contributed by atoms with van der Waals surface area (Å²) in [6, 6.07) is 3.19. The molecule has 2 heterocycles. The molecule has 0 unspecified atom stereocenters. The first-order chi connectivity index (χ1) is 11.1. The second kappa shape index (κ2) is 6.80. The first-order valence-electron chi connectivity index (χ1n) is 8.32. The molecule has 3 rings (SSSR count). The molecule has 0 aromatic carbocycles. The zero-order chi connectivity index (χ0) is 16.3. The second-order valence-corrected chi connectivity index (χ2v) is 6.40. The molecular weight excluding hydrogens is 296 g/mol. The summed E-state index contributed by atoms with van der Waals surface area (Å²) in [5.74, 6) is 0.365. The van der Waals surface area contributed by atoms with Crippen molar-refractivity contribution in [3.05, 3.63) is 28.4 Å². The van der Waals surface area contributed by atoms with Crippen molar-refractivity contribution in [1.29, 1.82) is 0 Å². The van der Waals surface area contributed by atoms with Crippen molar-refractivity contribution in [2.45, 2.75) is 44.2 Å². The molecule has 7 nitrogen and oxygen atoms in total. The van der Waals surface area contributed by atoms with E-state index in [-0.39, 0.29) is 22.2 Å². The van der Waals surface area contributed by atoms with Gasteiger partial charge < -0.3 is 10.1 Å². The summed E-state index contributed by atoms with van der Waals surface area (Å²) in [4.78, 5) is 17.5. The largest absolute Gasteiger partial charge is 0.379 e. The zero-order valence-corrected chi connectivity index (χ0v) is 13.5. The van der Waals surface area contributed by atoms with Crippen LogP contribution >= 0.6 is 0 Å². The van der Waals surface area contributed by atoms with Gasteiger partial charge in [-0.1, -0.05) is 12.8 Å². The lowest BCUT2D eigenvalue weighted by atomic mass is 9.86. The second-order valence-electron chi connectivity index (χ2n) is 6.40. The molecule has 1 aliphatic heterocycles. The van der Waals surface area contributed by atoms with Gasteiger partial charge in [-0.2, -0.15) is 0 Å². The Hall–Kier alpha value is -1.73. The summed E-state index contributed by atoms with van der Waals surface area (Å²) < 4.78 is 5.49. The van der Waals surface area contributed by atoms with E-state index >= 15 is 0 Å². The number of aromatic nitrogens is 1. The van der Waals surface area contributed by atoms with Gasteiger partial charge in [0.1, 0.15) is 0 Å². The number of hydrogen-bond acceptors (Lipinski definition) is 6. The van der Waals surface area contributed by atoms with Crippen LogP contribution in [0, 0.1) is 10.1 Å². The minimum Gasteiger partial charge on any atom is -0.379 e. The molecule has 0 amide bonds. The van der Waals surface area contributed by atoms with Crippen LogP contribution in [0.1, 0.15) is 32.6 Å². The molecule has 1 saturated heterocycles. The van der Waals surface area contributed by atoms with Gasteiger partial charge in [0.05, 0.1) is 18.1 Å². The first-order valence-corrected chi connectivity index (χ1v) is 8.32. The van der Waals surface area contributed by atoms with E-state index in [0.717, 1.165) is 39.1 Å². The molecule has 1 aromatic rings. The number of hydrogen-bond donors (Lipinski definition) is 1. The quantitative estimate of drug-likeness (QED) is 0.663. The number of anilines is 1. The fourth-order valence-electron chi connectivity index (χ4n) is 4.01. The van der Waals surface area contributed by atoms with Crippen molar-refractivity contribution in [3.8, 4) is 0 Å². The number of rotatable bonds is 5. The van der Waals surface area contributed by atoms with Crippen LogP contribution in [-0.4, -0.2) is 52.7 Å². The van der Waals surface area contributed by atoms with E-state index in [1.54, 1.807) is 12.3 Å². The van der Waals surface area contributed by atoms with Crippen molar-refractivity contribution < 1.29 is 9.66 Å². The molecule has 1 saturated carbocycles. The van der Waals surface area contributed by atoms with Crippen molar-refractivity contribution in [1.82, 2.24) is 9.88 Å². The van der Waals surface area contributed by atoms with E-state index in [1.807, 2.05) is 0 Å². The van der Waals surface area contributed by atoms with Gasteiger partial charge >= 0.3 is 5.69 Å². The fourth-order valence-corrected chi connectivity index (χ4v) is 4.01. The van der Waals surface area contributed by atoms with Crippen LogP contribution in [0.15, 0.2) is 18.3 Å². The standard InChI is InChI=1S/C16H24N4O3/c1-13(18-15-14(20(21)22)5-4-8-17-15)16(6-2-3-7-16)19-9-11-23-12-10-19/h4-5,8,13H,2-3,6-7,9-12H2,1H3,(H,17,18)/t13-/m0/s1. The molecule has 126 valence electrons. The summed E-state index contributed by atoms with van der Waals surface area (Å²) in [7, 11) is 0. The molecule has 1 N–H and O–H groups in total. The van der Waals surface area contributed by atoms with Crippen LogP contribution in [0.2, 0.25) is 0 Å². The third kappa shape index (κ3) is 3.16. The zero-order valence-electron chi connectivity index (χ0n) is 13.5. The Balaban J connectivity index is 1.82. The summed E-state index contributed by atoms with van der Waals surface area (Å²) >= 11 is 0. The van der Waals surface area contributed by atoms with Gasteiger partial charge in [0.2, 0.25) is 5.82 Å². The molecule has 2 aliphatic rings. The molecule has 1 atom stereocenters. The Morgan fingerprint density at radius 2 is 2.09 bits per heavy atom. The van der Waals surface area contributed by atoms with Gasteiger partial charge in [0, 0.05) is 36.9 Å². The summed E-state index contributed by atoms with van der Waals surface area (Å²) in [5, 5.41) is 14.5. The molecule has 1 aliphatic carbocycles. The summed E-state index contributed by atoms with van der Waals surface area (Å²) in [6.07, 6.45) is 6.23. The first kappa shape index (κ1) is 16.1. The van der Waals surface area contributed by atoms with Crippen LogP contribution < -0.4 is 5.32 Å². The van der Waals surface area contributed by atoms with Crippen LogP contribution in [0.3, 0.4) is 0 Å². The number of nitro groups is 1.